The molecule has 0 aliphatic rings. The molecule has 0 bridgehead atoms. The van der Waals surface area contributed by atoms with E-state index in [4.69, 9.17) is 16.0 Å². The number of nitrogens with two attached hydrogens (primary N) is 1. The Hall–Kier alpha value is -2.09. The molecule has 0 heterocycles. The van der Waals surface area contributed by atoms with Crippen molar-refractivity contribution in [2.45, 2.75) is 13.5 Å². The van der Waals surface area contributed by atoms with Gasteiger partial charge in [-0.15, -0.1) is 0 Å². The van der Waals surface area contributed by atoms with Crippen LogP contribution in [0.3, 0.4) is 0 Å². The fraction of sp³-hybridized carbons (Fsp3) is 0.136. The summed E-state index contributed by atoms with van der Waals surface area (Å²) in [5.41, 5.74) is 12.6. The van der Waals surface area contributed by atoms with Crippen molar-refractivity contribution in [1.82, 2.24) is 5.48 Å². The minimum atomic E-state index is -0.236. The average molecular weight is 468 g/mol. The topological polar surface area (TPSA) is 108 Å². The minimum absolute atomic E-state index is 0. The molecule has 0 aliphatic heterocycles. The quantitative estimate of drug-likeness (QED) is 0.290. The van der Waals surface area contributed by atoms with Crippen LogP contribution >= 0.6 is 0 Å². The predicted molar refractivity (Wildman–Crippen MR) is 112 cm³/mol. The van der Waals surface area contributed by atoms with E-state index in [2.05, 4.69) is 10.8 Å². The third-order valence-corrected chi connectivity index (χ3v) is 3.91. The summed E-state index contributed by atoms with van der Waals surface area (Å²) in [6.45, 7) is 2.26. The van der Waals surface area contributed by atoms with Gasteiger partial charge in [-0.1, -0.05) is 48.5 Å². The second kappa shape index (κ2) is 13.2. The summed E-state index contributed by atoms with van der Waals surface area (Å²) in [5.74, 6) is -0.236. The van der Waals surface area contributed by atoms with Gasteiger partial charge in [0.05, 0.1) is 11.4 Å². The minimum Gasteiger partial charge on any atom is -0.397 e. The number of hydrogen-bond acceptors (Lipinski definition) is 5. The number of benzene rings is 3. The Balaban J connectivity index is 0.000000990. The molecule has 3 aromatic rings. The van der Waals surface area contributed by atoms with Crippen molar-refractivity contribution >= 4 is 17.3 Å². The third kappa shape index (κ3) is 7.68. The van der Waals surface area contributed by atoms with Gasteiger partial charge in [0.2, 0.25) is 0 Å². The Morgan fingerprint density at radius 1 is 0.966 bits per heavy atom. The van der Waals surface area contributed by atoms with Crippen LogP contribution in [0.15, 0.2) is 72.8 Å². The first-order valence-electron chi connectivity index (χ1n) is 8.92. The van der Waals surface area contributed by atoms with Gasteiger partial charge in [0.25, 0.3) is 5.91 Å². The Kier molecular flexibility index (Phi) is 11.4. The number of aliphatic hydroxyl groups is 1. The summed E-state index contributed by atoms with van der Waals surface area (Å²) in [4.78, 5) is 12.5. The molecule has 3 aromatic carbocycles. The van der Waals surface area contributed by atoms with E-state index in [1.807, 2.05) is 42.5 Å². The maximum absolute atomic E-state index is 12.5. The zero-order valence-corrected chi connectivity index (χ0v) is 19.1. The molecule has 0 aromatic heterocycles. The van der Waals surface area contributed by atoms with Crippen LogP contribution < -0.4 is 16.5 Å². The van der Waals surface area contributed by atoms with Gasteiger partial charge >= 0.3 is 0 Å². The van der Waals surface area contributed by atoms with Gasteiger partial charge < -0.3 is 21.4 Å². The Morgan fingerprint density at radius 2 is 1.59 bits per heavy atom. The summed E-state index contributed by atoms with van der Waals surface area (Å²) in [6.07, 6.45) is 0. The van der Waals surface area contributed by atoms with Gasteiger partial charge in [-0.05, 0) is 47.9 Å². The molecule has 0 saturated carbocycles. The molecular weight excluding hydrogens is 443 g/mol. The van der Waals surface area contributed by atoms with Gasteiger partial charge in [0.1, 0.15) is 0 Å². The van der Waals surface area contributed by atoms with E-state index in [0.717, 1.165) is 16.7 Å². The number of hydrogen-bond donors (Lipinski definition) is 5. The smallest absolute Gasteiger partial charge is 0.255 e. The standard InChI is InChI=1S/C20H19N3O2.C2H6O.Y/c21-18-11-10-17(15-4-2-1-3-5-15)12-19(18)23-20(24)16-8-6-14(7-9-16)13-22-25;1-2-3;/h1-12,22,25H,13,21H2,(H,23,24);3H,2H2,1H3;. The SMILES string of the molecule is CCO.Nc1ccc(-c2ccccc2)cc1NC(=O)c1ccc(CNO)cc1.[Y]. The summed E-state index contributed by atoms with van der Waals surface area (Å²) in [6, 6.07) is 22.5. The summed E-state index contributed by atoms with van der Waals surface area (Å²) in [5, 5.41) is 19.1. The summed E-state index contributed by atoms with van der Waals surface area (Å²) < 4.78 is 0. The van der Waals surface area contributed by atoms with Crippen LogP contribution in [0.1, 0.15) is 22.8 Å². The van der Waals surface area contributed by atoms with E-state index in [0.29, 0.717) is 23.5 Å². The molecule has 6 N–H and O–H groups in total. The zero-order valence-electron chi connectivity index (χ0n) is 16.3. The largest absolute Gasteiger partial charge is 0.397 e. The molecule has 7 heteroatoms. The maximum atomic E-state index is 12.5. The second-order valence-corrected chi connectivity index (χ2v) is 5.97. The molecule has 1 radical (unpaired) electrons. The van der Waals surface area contributed by atoms with Crippen LogP contribution in [0.5, 0.6) is 0 Å². The van der Waals surface area contributed by atoms with Crippen molar-refractivity contribution in [3.8, 4) is 11.1 Å². The van der Waals surface area contributed by atoms with Gasteiger partial charge in [0.15, 0.2) is 0 Å². The molecule has 0 aliphatic carbocycles. The van der Waals surface area contributed by atoms with E-state index in [-0.39, 0.29) is 45.2 Å². The number of nitrogens with one attached hydrogen (secondary N) is 2. The molecule has 0 unspecified atom stereocenters. The second-order valence-electron chi connectivity index (χ2n) is 5.97. The van der Waals surface area contributed by atoms with Crippen molar-refractivity contribution in [3.63, 3.8) is 0 Å². The van der Waals surface area contributed by atoms with E-state index in [9.17, 15) is 4.79 Å². The molecule has 3 rings (SSSR count). The van der Waals surface area contributed by atoms with E-state index >= 15 is 0 Å². The van der Waals surface area contributed by atoms with Gasteiger partial charge in [-0.2, -0.15) is 0 Å². The molecule has 149 valence electrons. The summed E-state index contributed by atoms with van der Waals surface area (Å²) in [7, 11) is 0. The number of amides is 1. The van der Waals surface area contributed by atoms with Crippen molar-refractivity contribution in [2.24, 2.45) is 0 Å². The number of carbonyl (C=O) groups excluding carboxylic acids is 1. The monoisotopic (exact) mass is 468 g/mol. The van der Waals surface area contributed by atoms with Crippen LogP contribution in [-0.4, -0.2) is 22.8 Å². The molecule has 0 spiro atoms. The molecular formula is C22H25N3O3Y. The predicted octanol–water partition coefficient (Wildman–Crippen LogP) is 3.66. The van der Waals surface area contributed by atoms with Crippen molar-refractivity contribution < 1.29 is 47.8 Å². The zero-order chi connectivity index (χ0) is 20.4. The number of rotatable bonds is 5. The molecule has 0 fully saturated rings. The first kappa shape index (κ1) is 25.0. The van der Waals surface area contributed by atoms with Crippen LogP contribution in [0.2, 0.25) is 0 Å². The number of aliphatic hydroxyl groups excluding tert-OH is 1. The molecule has 6 nitrogen and oxygen atoms in total. The van der Waals surface area contributed by atoms with Gasteiger partial charge in [-0.25, -0.2) is 5.48 Å². The fourth-order valence-corrected chi connectivity index (χ4v) is 2.53. The average Bonchev–Trinajstić information content (AvgIpc) is 2.72. The Labute approximate surface area is 196 Å². The third-order valence-electron chi connectivity index (χ3n) is 3.91. The fourth-order valence-electron chi connectivity index (χ4n) is 2.53. The van der Waals surface area contributed by atoms with Crippen molar-refractivity contribution in [2.75, 3.05) is 17.7 Å². The van der Waals surface area contributed by atoms with E-state index < -0.39 is 0 Å². The maximum Gasteiger partial charge on any atom is 0.255 e. The van der Waals surface area contributed by atoms with Crippen molar-refractivity contribution in [1.29, 1.82) is 0 Å². The molecule has 29 heavy (non-hydrogen) atoms. The number of hydroxylamine groups is 1. The van der Waals surface area contributed by atoms with Crippen LogP contribution in [0.4, 0.5) is 11.4 Å². The Bertz CT molecular complexity index is 888. The van der Waals surface area contributed by atoms with Crippen LogP contribution in [0, 0.1) is 0 Å². The van der Waals surface area contributed by atoms with E-state index in [1.54, 1.807) is 37.3 Å². The molecule has 0 atom stereocenters. The van der Waals surface area contributed by atoms with Crippen molar-refractivity contribution in [3.05, 3.63) is 83.9 Å². The molecule has 1 amide bonds. The Morgan fingerprint density at radius 3 is 2.17 bits per heavy atom. The first-order valence-corrected chi connectivity index (χ1v) is 8.92. The van der Waals surface area contributed by atoms with E-state index in [1.165, 1.54) is 0 Å². The first-order chi connectivity index (χ1) is 13.6. The van der Waals surface area contributed by atoms with Gasteiger partial charge in [0, 0.05) is 51.4 Å². The van der Waals surface area contributed by atoms with Gasteiger partial charge in [-0.3, -0.25) is 4.79 Å². The number of anilines is 2. The number of nitrogen functional groups attached to an aromatic ring is 1. The normalized spacial score (nSPS) is 9.62. The summed E-state index contributed by atoms with van der Waals surface area (Å²) >= 11 is 0. The molecule has 0 saturated heterocycles. The van der Waals surface area contributed by atoms with Crippen LogP contribution in [-0.2, 0) is 39.3 Å². The van der Waals surface area contributed by atoms with Crippen LogP contribution in [0.25, 0.3) is 11.1 Å². The number of carbonyl (C=O) groups is 1.